The summed E-state index contributed by atoms with van der Waals surface area (Å²) in [4.78, 5) is 4.59. The van der Waals surface area contributed by atoms with Crippen LogP contribution in [0.15, 0.2) is 41.4 Å². The first-order chi connectivity index (χ1) is 12.5. The van der Waals surface area contributed by atoms with Gasteiger partial charge in [0.05, 0.1) is 33.4 Å². The summed E-state index contributed by atoms with van der Waals surface area (Å²) in [5.41, 5.74) is 9.46. The number of rotatable bonds is 5. The summed E-state index contributed by atoms with van der Waals surface area (Å²) in [6.45, 7) is 2.08. The van der Waals surface area contributed by atoms with E-state index in [1.807, 2.05) is 12.1 Å². The van der Waals surface area contributed by atoms with Crippen LogP contribution in [0, 0.1) is 6.92 Å². The second kappa shape index (κ2) is 7.56. The van der Waals surface area contributed by atoms with Crippen molar-refractivity contribution in [3.8, 4) is 17.2 Å². The number of methoxy groups -OCH3 is 3. The lowest BCUT2D eigenvalue weighted by molar-refractivity contribution is 0.323. The van der Waals surface area contributed by atoms with Crippen LogP contribution in [-0.2, 0) is 0 Å². The molecule has 2 unspecified atom stereocenters. The molecule has 6 nitrogen and oxygen atoms in total. The van der Waals surface area contributed by atoms with Gasteiger partial charge in [-0.25, -0.2) is 4.99 Å². The standard InChI is InChI=1S/C20H25N3O3/c1-12-6-5-7-13(8-12)15-11-16(23-20(21)22-15)14-9-17(24-2)19(26-4)18(10-14)25-3/h5-10,15-16H,11H2,1-4H3,(H3,21,22,23). The van der Waals surface area contributed by atoms with Crippen LogP contribution in [0.2, 0.25) is 0 Å². The minimum atomic E-state index is -0.101. The van der Waals surface area contributed by atoms with E-state index in [2.05, 4.69) is 41.5 Å². The predicted molar refractivity (Wildman–Crippen MR) is 102 cm³/mol. The fourth-order valence-electron chi connectivity index (χ4n) is 3.33. The molecule has 0 saturated heterocycles. The van der Waals surface area contributed by atoms with Crippen LogP contribution in [0.25, 0.3) is 0 Å². The molecular weight excluding hydrogens is 330 g/mol. The first kappa shape index (κ1) is 17.9. The fraction of sp³-hybridized carbons (Fsp3) is 0.350. The highest BCUT2D eigenvalue weighted by Gasteiger charge is 2.26. The van der Waals surface area contributed by atoms with Crippen LogP contribution in [0.3, 0.4) is 0 Å². The smallest absolute Gasteiger partial charge is 0.203 e. The Hall–Kier alpha value is -2.89. The van der Waals surface area contributed by atoms with Crippen molar-refractivity contribution in [2.24, 2.45) is 10.7 Å². The molecule has 2 aromatic carbocycles. The maximum atomic E-state index is 6.08. The van der Waals surface area contributed by atoms with E-state index in [-0.39, 0.29) is 12.1 Å². The topological polar surface area (TPSA) is 78.1 Å². The van der Waals surface area contributed by atoms with Gasteiger partial charge in [0.2, 0.25) is 5.75 Å². The molecule has 1 aliphatic rings. The van der Waals surface area contributed by atoms with E-state index in [0.29, 0.717) is 23.2 Å². The van der Waals surface area contributed by atoms with E-state index in [1.165, 1.54) is 11.1 Å². The minimum Gasteiger partial charge on any atom is -0.493 e. The van der Waals surface area contributed by atoms with E-state index < -0.39 is 0 Å². The lowest BCUT2D eigenvalue weighted by Gasteiger charge is -2.29. The third-order valence-corrected chi connectivity index (χ3v) is 4.59. The highest BCUT2D eigenvalue weighted by molar-refractivity contribution is 5.79. The SMILES string of the molecule is COc1cc(C2CC(c3cccc(C)c3)NC(N)=N2)cc(OC)c1OC. The quantitative estimate of drug-likeness (QED) is 0.862. The minimum absolute atomic E-state index is 0.0940. The second-order valence-corrected chi connectivity index (χ2v) is 6.34. The molecule has 2 atom stereocenters. The Bertz CT molecular complexity index is 795. The van der Waals surface area contributed by atoms with Gasteiger partial charge in [-0.1, -0.05) is 29.8 Å². The summed E-state index contributed by atoms with van der Waals surface area (Å²) in [6, 6.07) is 12.3. The molecule has 0 bridgehead atoms. The summed E-state index contributed by atoms with van der Waals surface area (Å²) < 4.78 is 16.3. The number of nitrogens with zero attached hydrogens (tertiary/aromatic N) is 1. The molecule has 0 fully saturated rings. The summed E-state index contributed by atoms with van der Waals surface area (Å²) in [5, 5.41) is 3.28. The Morgan fingerprint density at radius 2 is 1.69 bits per heavy atom. The first-order valence-electron chi connectivity index (χ1n) is 8.52. The number of nitrogens with one attached hydrogen (secondary N) is 1. The molecule has 0 radical (unpaired) electrons. The molecule has 0 aliphatic carbocycles. The van der Waals surface area contributed by atoms with Crippen LogP contribution >= 0.6 is 0 Å². The Kier molecular flexibility index (Phi) is 5.21. The first-order valence-corrected chi connectivity index (χ1v) is 8.52. The number of guanidine groups is 1. The number of benzene rings is 2. The van der Waals surface area contributed by atoms with Crippen LogP contribution in [0.1, 0.15) is 35.2 Å². The highest BCUT2D eigenvalue weighted by Crippen LogP contribution is 2.42. The number of ether oxygens (including phenoxy) is 3. The average Bonchev–Trinajstić information content (AvgIpc) is 2.66. The molecular formula is C20H25N3O3. The molecule has 0 spiro atoms. The molecule has 0 aromatic heterocycles. The van der Waals surface area contributed by atoms with Crippen LogP contribution in [0.5, 0.6) is 17.2 Å². The highest BCUT2D eigenvalue weighted by atomic mass is 16.5. The number of aryl methyl sites for hydroxylation is 1. The summed E-state index contributed by atoms with van der Waals surface area (Å²) >= 11 is 0. The van der Waals surface area contributed by atoms with E-state index in [9.17, 15) is 0 Å². The fourth-order valence-corrected chi connectivity index (χ4v) is 3.33. The van der Waals surface area contributed by atoms with Gasteiger partial charge in [-0.15, -0.1) is 0 Å². The third kappa shape index (κ3) is 3.54. The summed E-state index contributed by atoms with van der Waals surface area (Å²) in [5.74, 6) is 2.23. The molecule has 26 heavy (non-hydrogen) atoms. The van der Waals surface area contributed by atoms with Gasteiger partial charge in [-0.05, 0) is 36.6 Å². The van der Waals surface area contributed by atoms with Gasteiger partial charge < -0.3 is 25.3 Å². The maximum Gasteiger partial charge on any atom is 0.203 e. The molecule has 1 heterocycles. The van der Waals surface area contributed by atoms with Gasteiger partial charge in [0.25, 0.3) is 0 Å². The van der Waals surface area contributed by atoms with E-state index in [1.54, 1.807) is 21.3 Å². The van der Waals surface area contributed by atoms with Gasteiger partial charge in [-0.2, -0.15) is 0 Å². The third-order valence-electron chi connectivity index (χ3n) is 4.59. The summed E-state index contributed by atoms with van der Waals surface area (Å²) in [6.07, 6.45) is 0.781. The van der Waals surface area contributed by atoms with Crippen LogP contribution in [0.4, 0.5) is 0 Å². The van der Waals surface area contributed by atoms with E-state index in [4.69, 9.17) is 19.9 Å². The van der Waals surface area contributed by atoms with Gasteiger partial charge in [0, 0.05) is 0 Å². The van der Waals surface area contributed by atoms with Crippen molar-refractivity contribution in [1.29, 1.82) is 0 Å². The largest absolute Gasteiger partial charge is 0.493 e. The second-order valence-electron chi connectivity index (χ2n) is 6.34. The summed E-state index contributed by atoms with van der Waals surface area (Å²) in [7, 11) is 4.81. The van der Waals surface area contributed by atoms with Gasteiger partial charge in [0.1, 0.15) is 0 Å². The lowest BCUT2D eigenvalue weighted by Crippen LogP contribution is -2.39. The zero-order valence-corrected chi connectivity index (χ0v) is 15.6. The number of hydrogen-bond acceptors (Lipinski definition) is 6. The Morgan fingerprint density at radius 1 is 1.00 bits per heavy atom. The Labute approximate surface area is 154 Å². The van der Waals surface area contributed by atoms with Crippen LogP contribution in [-0.4, -0.2) is 27.3 Å². The zero-order valence-electron chi connectivity index (χ0n) is 15.6. The number of nitrogens with two attached hydrogens (primary N) is 1. The average molecular weight is 355 g/mol. The molecule has 6 heteroatoms. The van der Waals surface area contributed by atoms with Crippen molar-refractivity contribution < 1.29 is 14.2 Å². The molecule has 0 saturated carbocycles. The Balaban J connectivity index is 1.97. The molecule has 2 aromatic rings. The molecule has 3 N–H and O–H groups in total. The number of aliphatic imine (C=N–C) groups is 1. The molecule has 3 rings (SSSR count). The molecule has 138 valence electrons. The van der Waals surface area contributed by atoms with Crippen molar-refractivity contribution in [2.45, 2.75) is 25.4 Å². The van der Waals surface area contributed by atoms with Crippen molar-refractivity contribution in [3.05, 3.63) is 53.1 Å². The van der Waals surface area contributed by atoms with Gasteiger partial charge in [-0.3, -0.25) is 0 Å². The maximum absolute atomic E-state index is 6.08. The van der Waals surface area contributed by atoms with Crippen LogP contribution < -0.4 is 25.3 Å². The Morgan fingerprint density at radius 3 is 2.27 bits per heavy atom. The van der Waals surface area contributed by atoms with Crippen molar-refractivity contribution >= 4 is 5.96 Å². The van der Waals surface area contributed by atoms with Gasteiger partial charge in [0.15, 0.2) is 17.5 Å². The zero-order chi connectivity index (χ0) is 18.7. The van der Waals surface area contributed by atoms with Crippen molar-refractivity contribution in [2.75, 3.05) is 21.3 Å². The van der Waals surface area contributed by atoms with E-state index in [0.717, 1.165) is 12.0 Å². The van der Waals surface area contributed by atoms with Crippen molar-refractivity contribution in [3.63, 3.8) is 0 Å². The molecule has 0 amide bonds. The lowest BCUT2D eigenvalue weighted by atomic mass is 9.93. The van der Waals surface area contributed by atoms with Gasteiger partial charge >= 0.3 is 0 Å². The van der Waals surface area contributed by atoms with Crippen molar-refractivity contribution in [1.82, 2.24) is 5.32 Å². The monoisotopic (exact) mass is 355 g/mol. The number of hydrogen-bond donors (Lipinski definition) is 2. The molecule has 1 aliphatic heterocycles. The van der Waals surface area contributed by atoms with E-state index >= 15 is 0 Å². The predicted octanol–water partition coefficient (Wildman–Crippen LogP) is 3.11. The normalized spacial score (nSPS) is 19.3.